The van der Waals surface area contributed by atoms with E-state index in [9.17, 15) is 9.59 Å². The molecular formula is C15H14N2O3S. The Morgan fingerprint density at radius 2 is 2.05 bits per heavy atom. The fraction of sp³-hybridized carbons (Fsp3) is 0.133. The number of hydrogen-bond acceptors (Lipinski definition) is 4. The van der Waals surface area contributed by atoms with Crippen molar-refractivity contribution >= 4 is 29.3 Å². The van der Waals surface area contributed by atoms with E-state index in [2.05, 4.69) is 10.3 Å². The van der Waals surface area contributed by atoms with Crippen molar-refractivity contribution in [3.63, 3.8) is 0 Å². The Morgan fingerprint density at radius 3 is 2.62 bits per heavy atom. The summed E-state index contributed by atoms with van der Waals surface area (Å²) in [5.74, 6) is -1.19. The summed E-state index contributed by atoms with van der Waals surface area (Å²) < 4.78 is 0. The van der Waals surface area contributed by atoms with Crippen LogP contribution in [0.4, 0.5) is 0 Å². The molecule has 2 N–H and O–H groups in total. The van der Waals surface area contributed by atoms with Crippen molar-refractivity contribution in [2.45, 2.75) is 13.5 Å². The van der Waals surface area contributed by atoms with E-state index >= 15 is 0 Å². The summed E-state index contributed by atoms with van der Waals surface area (Å²) in [6.07, 6.45) is 3.09. The SMILES string of the molecule is Cc1nc(/C=C/C(=O)NCc2ccc(C(=O)O)cc2)cs1. The van der Waals surface area contributed by atoms with Gasteiger partial charge in [0.25, 0.3) is 0 Å². The van der Waals surface area contributed by atoms with Gasteiger partial charge < -0.3 is 10.4 Å². The van der Waals surface area contributed by atoms with E-state index in [4.69, 9.17) is 5.11 Å². The number of aromatic nitrogens is 1. The van der Waals surface area contributed by atoms with E-state index in [1.54, 1.807) is 18.2 Å². The largest absolute Gasteiger partial charge is 0.478 e. The maximum atomic E-state index is 11.7. The molecule has 0 aliphatic rings. The Balaban J connectivity index is 1.86. The molecule has 108 valence electrons. The minimum absolute atomic E-state index is 0.219. The maximum absolute atomic E-state index is 11.7. The number of nitrogens with zero attached hydrogens (tertiary/aromatic N) is 1. The van der Waals surface area contributed by atoms with Gasteiger partial charge in [-0.1, -0.05) is 12.1 Å². The van der Waals surface area contributed by atoms with E-state index in [-0.39, 0.29) is 11.5 Å². The Morgan fingerprint density at radius 1 is 1.33 bits per heavy atom. The first kappa shape index (κ1) is 14.9. The summed E-state index contributed by atoms with van der Waals surface area (Å²) in [5, 5.41) is 14.3. The molecule has 0 fully saturated rings. The molecule has 0 radical (unpaired) electrons. The molecule has 0 atom stereocenters. The Bertz CT molecular complexity index is 674. The second kappa shape index (κ2) is 6.81. The molecule has 5 nitrogen and oxygen atoms in total. The van der Waals surface area contributed by atoms with Crippen LogP contribution in [0, 0.1) is 6.92 Å². The third-order valence-electron chi connectivity index (χ3n) is 2.71. The number of carbonyl (C=O) groups is 2. The van der Waals surface area contributed by atoms with Crippen molar-refractivity contribution < 1.29 is 14.7 Å². The van der Waals surface area contributed by atoms with Crippen LogP contribution in [0.3, 0.4) is 0 Å². The summed E-state index contributed by atoms with van der Waals surface area (Å²) in [7, 11) is 0. The van der Waals surface area contributed by atoms with Crippen molar-refractivity contribution in [2.75, 3.05) is 0 Å². The molecule has 0 saturated heterocycles. The molecular weight excluding hydrogens is 288 g/mol. The standard InChI is InChI=1S/C15H14N2O3S/c1-10-17-13(9-21-10)6-7-14(18)16-8-11-2-4-12(5-3-11)15(19)20/h2-7,9H,8H2,1H3,(H,16,18)(H,19,20)/b7-6+. The average molecular weight is 302 g/mol. The molecule has 0 aliphatic heterocycles. The maximum Gasteiger partial charge on any atom is 0.335 e. The quantitative estimate of drug-likeness (QED) is 0.832. The lowest BCUT2D eigenvalue weighted by Crippen LogP contribution is -2.20. The molecule has 0 aliphatic carbocycles. The number of benzene rings is 1. The highest BCUT2D eigenvalue weighted by atomic mass is 32.1. The van der Waals surface area contributed by atoms with Crippen LogP contribution in [0.5, 0.6) is 0 Å². The molecule has 0 bridgehead atoms. The number of carboxylic acid groups (broad SMARTS) is 1. The lowest BCUT2D eigenvalue weighted by Gasteiger charge is -2.03. The highest BCUT2D eigenvalue weighted by Gasteiger charge is 2.02. The van der Waals surface area contributed by atoms with Crippen LogP contribution in [-0.2, 0) is 11.3 Å². The number of nitrogens with one attached hydrogen (secondary N) is 1. The highest BCUT2D eigenvalue weighted by molar-refractivity contribution is 7.09. The zero-order valence-electron chi connectivity index (χ0n) is 11.4. The van der Waals surface area contributed by atoms with E-state index in [0.717, 1.165) is 16.3 Å². The first-order chi connectivity index (χ1) is 10.0. The predicted octanol–water partition coefficient (Wildman–Crippen LogP) is 2.48. The van der Waals surface area contributed by atoms with Gasteiger partial charge in [0.2, 0.25) is 5.91 Å². The van der Waals surface area contributed by atoms with E-state index in [1.807, 2.05) is 12.3 Å². The molecule has 0 saturated carbocycles. The number of carboxylic acids is 1. The lowest BCUT2D eigenvalue weighted by atomic mass is 10.1. The van der Waals surface area contributed by atoms with E-state index in [1.165, 1.54) is 29.5 Å². The van der Waals surface area contributed by atoms with Gasteiger partial charge in [-0.05, 0) is 30.7 Å². The van der Waals surface area contributed by atoms with Gasteiger partial charge in [-0.15, -0.1) is 11.3 Å². The summed E-state index contributed by atoms with van der Waals surface area (Å²) in [6.45, 7) is 2.25. The van der Waals surface area contributed by atoms with Crippen LogP contribution >= 0.6 is 11.3 Å². The molecule has 1 heterocycles. The minimum Gasteiger partial charge on any atom is -0.478 e. The summed E-state index contributed by atoms with van der Waals surface area (Å²) in [5.41, 5.74) is 1.83. The van der Waals surface area contributed by atoms with Crippen molar-refractivity contribution in [1.29, 1.82) is 0 Å². The van der Waals surface area contributed by atoms with Gasteiger partial charge in [0.15, 0.2) is 0 Å². The smallest absolute Gasteiger partial charge is 0.335 e. The number of rotatable bonds is 5. The van der Waals surface area contributed by atoms with Crippen LogP contribution in [-0.4, -0.2) is 22.0 Å². The number of aryl methyl sites for hydroxylation is 1. The van der Waals surface area contributed by atoms with Crippen LogP contribution in [0.15, 0.2) is 35.7 Å². The average Bonchev–Trinajstić information content (AvgIpc) is 2.89. The summed E-state index contributed by atoms with van der Waals surface area (Å²) in [6, 6.07) is 6.38. The zero-order chi connectivity index (χ0) is 15.2. The van der Waals surface area contributed by atoms with Gasteiger partial charge in [0, 0.05) is 18.0 Å². The monoisotopic (exact) mass is 302 g/mol. The third kappa shape index (κ3) is 4.54. The van der Waals surface area contributed by atoms with Gasteiger partial charge in [-0.2, -0.15) is 0 Å². The van der Waals surface area contributed by atoms with Crippen molar-refractivity contribution in [2.24, 2.45) is 0 Å². The fourth-order valence-corrected chi connectivity index (χ4v) is 2.21. The molecule has 6 heteroatoms. The second-order valence-corrected chi connectivity index (χ2v) is 5.41. The van der Waals surface area contributed by atoms with Crippen LogP contribution in [0.25, 0.3) is 6.08 Å². The van der Waals surface area contributed by atoms with Crippen molar-refractivity contribution in [3.05, 3.63) is 57.6 Å². The molecule has 1 aromatic carbocycles. The van der Waals surface area contributed by atoms with Crippen molar-refractivity contribution in [1.82, 2.24) is 10.3 Å². The van der Waals surface area contributed by atoms with Gasteiger partial charge in [0.1, 0.15) is 0 Å². The fourth-order valence-electron chi connectivity index (χ4n) is 1.63. The summed E-state index contributed by atoms with van der Waals surface area (Å²) in [4.78, 5) is 26.6. The van der Waals surface area contributed by atoms with Gasteiger partial charge >= 0.3 is 5.97 Å². The normalized spacial score (nSPS) is 10.7. The number of thiazole rings is 1. The van der Waals surface area contributed by atoms with Crippen LogP contribution in [0.1, 0.15) is 26.6 Å². The third-order valence-corrected chi connectivity index (χ3v) is 3.50. The molecule has 0 unspecified atom stereocenters. The van der Waals surface area contributed by atoms with Crippen LogP contribution in [0.2, 0.25) is 0 Å². The Labute approximate surface area is 126 Å². The Kier molecular flexibility index (Phi) is 4.84. The first-order valence-electron chi connectivity index (χ1n) is 6.25. The van der Waals surface area contributed by atoms with Gasteiger partial charge in [0.05, 0.1) is 16.3 Å². The van der Waals surface area contributed by atoms with Gasteiger partial charge in [-0.25, -0.2) is 9.78 Å². The van der Waals surface area contributed by atoms with E-state index in [0.29, 0.717) is 6.54 Å². The number of aromatic carboxylic acids is 1. The molecule has 1 amide bonds. The number of carbonyl (C=O) groups excluding carboxylic acids is 1. The lowest BCUT2D eigenvalue weighted by molar-refractivity contribution is -0.116. The molecule has 21 heavy (non-hydrogen) atoms. The zero-order valence-corrected chi connectivity index (χ0v) is 12.2. The minimum atomic E-state index is -0.966. The number of amides is 1. The Hall–Kier alpha value is -2.47. The molecule has 1 aromatic heterocycles. The predicted molar refractivity (Wildman–Crippen MR) is 81.1 cm³/mol. The summed E-state index contributed by atoms with van der Waals surface area (Å²) >= 11 is 1.53. The van der Waals surface area contributed by atoms with Gasteiger partial charge in [-0.3, -0.25) is 4.79 Å². The molecule has 0 spiro atoms. The topological polar surface area (TPSA) is 79.3 Å². The van der Waals surface area contributed by atoms with E-state index < -0.39 is 5.97 Å². The van der Waals surface area contributed by atoms with Crippen LogP contribution < -0.4 is 5.32 Å². The van der Waals surface area contributed by atoms with Crippen molar-refractivity contribution in [3.8, 4) is 0 Å². The second-order valence-electron chi connectivity index (χ2n) is 4.34. The molecule has 2 rings (SSSR count). The molecule has 2 aromatic rings. The number of hydrogen-bond donors (Lipinski definition) is 2. The first-order valence-corrected chi connectivity index (χ1v) is 7.13. The highest BCUT2D eigenvalue weighted by Crippen LogP contribution is 2.09.